The van der Waals surface area contributed by atoms with Gasteiger partial charge in [-0.15, -0.1) is 0 Å². The average molecular weight is 399 g/mol. The van der Waals surface area contributed by atoms with Crippen molar-refractivity contribution in [3.05, 3.63) is 40.2 Å². The molecule has 4 rings (SSSR count). The van der Waals surface area contributed by atoms with Crippen molar-refractivity contribution in [2.24, 2.45) is 0 Å². The van der Waals surface area contributed by atoms with E-state index in [0.717, 1.165) is 51.0 Å². The molecule has 1 aliphatic carbocycles. The van der Waals surface area contributed by atoms with Crippen LogP contribution in [-0.2, 0) is 10.3 Å². The summed E-state index contributed by atoms with van der Waals surface area (Å²) >= 11 is 0. The standard InChI is InChI=1S/C21H25N3O5/c1-2-3-18(25)23-8-10-24(11-9-23)21(6-7-21)14-4-5-15-16(12-14)22-13-17(19(15)26)29-20(27)28/h4-5,12-13H,2-3,6-11H2,1H3,(H,22,26)(H,27,28). The van der Waals surface area contributed by atoms with Gasteiger partial charge in [0, 0.05) is 55.2 Å². The summed E-state index contributed by atoms with van der Waals surface area (Å²) in [5, 5.41) is 9.15. The number of carboxylic acid groups (broad SMARTS) is 1. The fourth-order valence-corrected chi connectivity index (χ4v) is 4.32. The minimum absolute atomic E-state index is 0.0405. The first-order valence-electron chi connectivity index (χ1n) is 10.0. The average Bonchev–Trinajstić information content (AvgIpc) is 3.52. The molecule has 0 atom stereocenters. The highest BCUT2D eigenvalue weighted by atomic mass is 16.7. The SMILES string of the molecule is CCCC(=O)N1CCN(C2(c3ccc4c(=O)c(OC(=O)O)c[nH]c4c3)CC2)CC1. The number of aromatic amines is 1. The van der Waals surface area contributed by atoms with Gasteiger partial charge in [-0.1, -0.05) is 13.0 Å². The largest absolute Gasteiger partial charge is 0.511 e. The molecule has 2 aromatic rings. The molecule has 0 spiro atoms. The molecule has 0 unspecified atom stereocenters. The molecule has 0 radical (unpaired) electrons. The van der Waals surface area contributed by atoms with Crippen LogP contribution in [-0.4, -0.2) is 58.1 Å². The summed E-state index contributed by atoms with van der Waals surface area (Å²) in [6, 6.07) is 5.66. The summed E-state index contributed by atoms with van der Waals surface area (Å²) in [6.45, 7) is 5.21. The van der Waals surface area contributed by atoms with Crippen LogP contribution >= 0.6 is 0 Å². The Hall–Kier alpha value is -2.87. The van der Waals surface area contributed by atoms with Crippen LogP contribution in [0.5, 0.6) is 5.75 Å². The molecule has 2 fully saturated rings. The van der Waals surface area contributed by atoms with Crippen LogP contribution in [0, 0.1) is 0 Å². The summed E-state index contributed by atoms with van der Waals surface area (Å²) in [7, 11) is 0. The number of pyridine rings is 1. The van der Waals surface area contributed by atoms with Gasteiger partial charge >= 0.3 is 6.16 Å². The normalized spacial score (nSPS) is 18.6. The molecule has 1 saturated heterocycles. The van der Waals surface area contributed by atoms with Crippen LogP contribution in [0.2, 0.25) is 0 Å². The van der Waals surface area contributed by atoms with E-state index in [2.05, 4.69) is 14.6 Å². The second-order valence-electron chi connectivity index (χ2n) is 7.76. The molecule has 1 aliphatic heterocycles. The lowest BCUT2D eigenvalue weighted by molar-refractivity contribution is -0.133. The van der Waals surface area contributed by atoms with Crippen LogP contribution < -0.4 is 10.2 Å². The molecule has 1 aromatic heterocycles. The van der Waals surface area contributed by atoms with E-state index in [1.807, 2.05) is 24.0 Å². The third kappa shape index (κ3) is 3.60. The number of hydrogen-bond acceptors (Lipinski definition) is 5. The molecular weight excluding hydrogens is 374 g/mol. The van der Waals surface area contributed by atoms with E-state index in [4.69, 9.17) is 5.11 Å². The van der Waals surface area contributed by atoms with E-state index in [0.29, 0.717) is 17.3 Å². The van der Waals surface area contributed by atoms with Gasteiger partial charge in [-0.2, -0.15) is 0 Å². The van der Waals surface area contributed by atoms with Crippen molar-refractivity contribution in [2.75, 3.05) is 26.2 Å². The highest BCUT2D eigenvalue weighted by Crippen LogP contribution is 2.51. The van der Waals surface area contributed by atoms with E-state index in [9.17, 15) is 14.4 Å². The molecule has 2 heterocycles. The summed E-state index contributed by atoms with van der Waals surface area (Å²) in [4.78, 5) is 42.7. The Kier molecular flexibility index (Phi) is 5.04. The molecule has 1 saturated carbocycles. The quantitative estimate of drug-likeness (QED) is 0.749. The van der Waals surface area contributed by atoms with Crippen molar-refractivity contribution in [2.45, 2.75) is 38.1 Å². The second-order valence-corrected chi connectivity index (χ2v) is 7.76. The second kappa shape index (κ2) is 7.51. The van der Waals surface area contributed by atoms with Gasteiger partial charge in [0.2, 0.25) is 11.3 Å². The Morgan fingerprint density at radius 2 is 1.93 bits per heavy atom. The van der Waals surface area contributed by atoms with Gasteiger partial charge in [-0.05, 0) is 37.0 Å². The first kappa shape index (κ1) is 19.4. The van der Waals surface area contributed by atoms with Crippen molar-refractivity contribution < 1.29 is 19.4 Å². The number of ether oxygens (including phenoxy) is 1. The zero-order valence-corrected chi connectivity index (χ0v) is 16.4. The first-order chi connectivity index (χ1) is 13.9. The molecule has 8 nitrogen and oxygen atoms in total. The number of piperazine rings is 1. The number of nitrogens with one attached hydrogen (secondary N) is 1. The molecule has 29 heavy (non-hydrogen) atoms. The summed E-state index contributed by atoms with van der Waals surface area (Å²) in [6.07, 6.45) is 3.35. The topological polar surface area (TPSA) is 103 Å². The molecular formula is C21H25N3O5. The lowest BCUT2D eigenvalue weighted by atomic mass is 9.99. The molecule has 1 aromatic carbocycles. The molecule has 2 N–H and O–H groups in total. The van der Waals surface area contributed by atoms with Gasteiger partial charge in [-0.25, -0.2) is 4.79 Å². The number of benzene rings is 1. The molecule has 2 aliphatic rings. The number of amides is 1. The number of nitrogens with zero attached hydrogens (tertiary/aromatic N) is 2. The first-order valence-corrected chi connectivity index (χ1v) is 10.0. The van der Waals surface area contributed by atoms with Gasteiger partial charge in [0.25, 0.3) is 0 Å². The maximum Gasteiger partial charge on any atom is 0.511 e. The smallest absolute Gasteiger partial charge is 0.449 e. The van der Waals surface area contributed by atoms with Gasteiger partial charge in [-0.3, -0.25) is 14.5 Å². The molecule has 0 bridgehead atoms. The zero-order valence-electron chi connectivity index (χ0n) is 16.4. The van der Waals surface area contributed by atoms with Gasteiger partial charge in [0.15, 0.2) is 5.75 Å². The van der Waals surface area contributed by atoms with Crippen LogP contribution in [0.4, 0.5) is 4.79 Å². The Labute approximate surface area is 168 Å². The summed E-state index contributed by atoms with van der Waals surface area (Å²) < 4.78 is 4.54. The Morgan fingerprint density at radius 3 is 2.55 bits per heavy atom. The predicted molar refractivity (Wildman–Crippen MR) is 107 cm³/mol. The highest BCUT2D eigenvalue weighted by Gasteiger charge is 2.50. The maximum atomic E-state index is 12.4. The van der Waals surface area contributed by atoms with Crippen molar-refractivity contribution >= 4 is 23.0 Å². The fourth-order valence-electron chi connectivity index (χ4n) is 4.32. The molecule has 154 valence electrons. The zero-order chi connectivity index (χ0) is 20.6. The van der Waals surface area contributed by atoms with E-state index in [1.54, 1.807) is 6.07 Å². The van der Waals surface area contributed by atoms with Gasteiger partial charge < -0.3 is 19.7 Å². The highest BCUT2D eigenvalue weighted by molar-refractivity contribution is 5.81. The maximum absolute atomic E-state index is 12.4. The number of carbonyl (C=O) groups excluding carboxylic acids is 1. The minimum atomic E-state index is -1.51. The Balaban J connectivity index is 1.54. The van der Waals surface area contributed by atoms with E-state index in [-0.39, 0.29) is 17.2 Å². The lowest BCUT2D eigenvalue weighted by Crippen LogP contribution is -2.52. The number of fused-ring (bicyclic) bond motifs is 1. The van der Waals surface area contributed by atoms with E-state index >= 15 is 0 Å². The summed E-state index contributed by atoms with van der Waals surface area (Å²) in [5.41, 5.74) is 1.32. The van der Waals surface area contributed by atoms with Crippen molar-refractivity contribution in [3.63, 3.8) is 0 Å². The van der Waals surface area contributed by atoms with Crippen LogP contribution in [0.25, 0.3) is 10.9 Å². The third-order valence-corrected chi connectivity index (χ3v) is 6.01. The number of H-pyrrole nitrogens is 1. The Morgan fingerprint density at radius 1 is 1.21 bits per heavy atom. The van der Waals surface area contributed by atoms with Gasteiger partial charge in [0.1, 0.15) is 0 Å². The predicted octanol–water partition coefficient (Wildman–Crippen LogP) is 2.52. The van der Waals surface area contributed by atoms with Crippen molar-refractivity contribution in [3.8, 4) is 5.75 Å². The summed E-state index contributed by atoms with van der Waals surface area (Å²) in [5.74, 6) is 0.00594. The van der Waals surface area contributed by atoms with Crippen LogP contribution in [0.3, 0.4) is 0 Å². The third-order valence-electron chi connectivity index (χ3n) is 6.01. The molecule has 1 amide bonds. The minimum Gasteiger partial charge on any atom is -0.449 e. The fraction of sp³-hybridized carbons (Fsp3) is 0.476. The number of rotatable bonds is 5. The number of hydrogen-bond donors (Lipinski definition) is 2. The molecule has 8 heteroatoms. The lowest BCUT2D eigenvalue weighted by Gasteiger charge is -2.40. The van der Waals surface area contributed by atoms with Crippen molar-refractivity contribution in [1.29, 1.82) is 0 Å². The number of aromatic nitrogens is 1. The van der Waals surface area contributed by atoms with Crippen LogP contribution in [0.1, 0.15) is 38.2 Å². The van der Waals surface area contributed by atoms with E-state index < -0.39 is 11.6 Å². The van der Waals surface area contributed by atoms with E-state index in [1.165, 1.54) is 6.20 Å². The van der Waals surface area contributed by atoms with Crippen LogP contribution in [0.15, 0.2) is 29.2 Å². The monoisotopic (exact) mass is 399 g/mol. The number of carbonyl (C=O) groups is 2. The Bertz CT molecular complexity index is 1000. The van der Waals surface area contributed by atoms with Crippen molar-refractivity contribution in [1.82, 2.24) is 14.8 Å². The van der Waals surface area contributed by atoms with Gasteiger partial charge in [0.05, 0.1) is 0 Å².